The van der Waals surface area contributed by atoms with Crippen LogP contribution in [0.3, 0.4) is 0 Å². The summed E-state index contributed by atoms with van der Waals surface area (Å²) in [6, 6.07) is 3.54. The molecule has 2 aromatic rings. The van der Waals surface area contributed by atoms with Crippen molar-refractivity contribution in [3.05, 3.63) is 42.4 Å². The summed E-state index contributed by atoms with van der Waals surface area (Å²) in [7, 11) is 1.92. The van der Waals surface area contributed by atoms with Crippen LogP contribution in [0.4, 0.5) is 0 Å². The van der Waals surface area contributed by atoms with Crippen LogP contribution in [0.15, 0.2) is 35.2 Å². The van der Waals surface area contributed by atoms with Crippen molar-refractivity contribution in [2.75, 3.05) is 13.2 Å². The van der Waals surface area contributed by atoms with Gasteiger partial charge in [-0.05, 0) is 19.1 Å². The van der Waals surface area contributed by atoms with Crippen molar-refractivity contribution >= 4 is 5.97 Å². The molecule has 0 fully saturated rings. The maximum atomic E-state index is 11.4. The number of nitrogens with one attached hydrogen (secondary N) is 1. The fourth-order valence-corrected chi connectivity index (χ4v) is 1.98. The van der Waals surface area contributed by atoms with Gasteiger partial charge in [0.25, 0.3) is 0 Å². The molecule has 0 spiro atoms. The number of aromatic nitrogens is 2. The predicted molar refractivity (Wildman–Crippen MR) is 73.0 cm³/mol. The molecule has 108 valence electrons. The van der Waals surface area contributed by atoms with E-state index in [1.165, 1.54) is 0 Å². The summed E-state index contributed by atoms with van der Waals surface area (Å²) in [5, 5.41) is 3.28. The Morgan fingerprint density at radius 3 is 3.05 bits per heavy atom. The Morgan fingerprint density at radius 2 is 2.45 bits per heavy atom. The quantitative estimate of drug-likeness (QED) is 0.779. The van der Waals surface area contributed by atoms with Gasteiger partial charge in [-0.1, -0.05) is 0 Å². The van der Waals surface area contributed by atoms with Crippen LogP contribution in [0.1, 0.15) is 31.0 Å². The molecule has 6 nitrogen and oxygen atoms in total. The van der Waals surface area contributed by atoms with Crippen molar-refractivity contribution in [1.82, 2.24) is 14.9 Å². The number of furan rings is 1. The van der Waals surface area contributed by atoms with Crippen molar-refractivity contribution in [3.63, 3.8) is 0 Å². The molecule has 1 N–H and O–H groups in total. The standard InChI is InChI=1S/C14H19N3O3/c1-3-19-12(18)6-7-15-13(11-5-4-10-20-11)14-16-8-9-17(14)2/h4-5,8-10,13,15H,3,6-7H2,1-2H3. The summed E-state index contributed by atoms with van der Waals surface area (Å²) < 4.78 is 12.3. The number of esters is 1. The third-order valence-electron chi connectivity index (χ3n) is 2.93. The van der Waals surface area contributed by atoms with Gasteiger partial charge in [-0.15, -0.1) is 0 Å². The van der Waals surface area contributed by atoms with Crippen LogP contribution in [0.5, 0.6) is 0 Å². The molecular weight excluding hydrogens is 258 g/mol. The van der Waals surface area contributed by atoms with Gasteiger partial charge in [0, 0.05) is 26.0 Å². The molecule has 2 aromatic heterocycles. The number of aryl methyl sites for hydroxylation is 1. The smallest absolute Gasteiger partial charge is 0.307 e. The third kappa shape index (κ3) is 3.48. The number of hydrogen-bond donors (Lipinski definition) is 1. The zero-order chi connectivity index (χ0) is 14.4. The molecule has 0 aromatic carbocycles. The minimum atomic E-state index is -0.210. The van der Waals surface area contributed by atoms with Gasteiger partial charge in [0.05, 0.1) is 19.3 Å². The van der Waals surface area contributed by atoms with E-state index in [9.17, 15) is 4.79 Å². The minimum absolute atomic E-state index is 0.181. The van der Waals surface area contributed by atoms with E-state index >= 15 is 0 Å². The van der Waals surface area contributed by atoms with Crippen LogP contribution in [-0.4, -0.2) is 28.7 Å². The van der Waals surface area contributed by atoms with E-state index in [1.54, 1.807) is 19.4 Å². The highest BCUT2D eigenvalue weighted by molar-refractivity contribution is 5.69. The van der Waals surface area contributed by atoms with E-state index in [-0.39, 0.29) is 12.0 Å². The Bertz CT molecular complexity index is 534. The molecule has 0 radical (unpaired) electrons. The largest absolute Gasteiger partial charge is 0.467 e. The van der Waals surface area contributed by atoms with Gasteiger partial charge in [-0.2, -0.15) is 0 Å². The zero-order valence-electron chi connectivity index (χ0n) is 11.7. The van der Waals surface area contributed by atoms with E-state index in [4.69, 9.17) is 9.15 Å². The molecule has 0 aliphatic rings. The fourth-order valence-electron chi connectivity index (χ4n) is 1.98. The topological polar surface area (TPSA) is 69.3 Å². The van der Waals surface area contributed by atoms with Crippen LogP contribution in [0.25, 0.3) is 0 Å². The van der Waals surface area contributed by atoms with Gasteiger partial charge in [0.2, 0.25) is 0 Å². The number of carbonyl (C=O) groups excluding carboxylic acids is 1. The lowest BCUT2D eigenvalue weighted by Gasteiger charge is -2.16. The molecule has 0 saturated heterocycles. The van der Waals surface area contributed by atoms with Crippen molar-refractivity contribution in [1.29, 1.82) is 0 Å². The monoisotopic (exact) mass is 277 g/mol. The van der Waals surface area contributed by atoms with Gasteiger partial charge in [-0.3, -0.25) is 4.79 Å². The Kier molecular flexibility index (Phi) is 4.95. The second-order valence-corrected chi connectivity index (χ2v) is 4.35. The molecule has 2 rings (SSSR count). The van der Waals surface area contributed by atoms with Crippen molar-refractivity contribution in [2.24, 2.45) is 7.05 Å². The molecule has 0 saturated carbocycles. The van der Waals surface area contributed by atoms with Crippen LogP contribution in [0.2, 0.25) is 0 Å². The first-order chi connectivity index (χ1) is 9.72. The molecule has 0 amide bonds. The number of nitrogens with zero attached hydrogens (tertiary/aromatic N) is 2. The lowest BCUT2D eigenvalue weighted by Crippen LogP contribution is -2.27. The molecule has 1 unspecified atom stereocenters. The van der Waals surface area contributed by atoms with E-state index < -0.39 is 0 Å². The molecule has 0 aliphatic heterocycles. The van der Waals surface area contributed by atoms with Gasteiger partial charge in [0.1, 0.15) is 17.6 Å². The lowest BCUT2D eigenvalue weighted by molar-refractivity contribution is -0.143. The van der Waals surface area contributed by atoms with Crippen molar-refractivity contribution < 1.29 is 13.9 Å². The molecule has 20 heavy (non-hydrogen) atoms. The molecular formula is C14H19N3O3. The highest BCUT2D eigenvalue weighted by Gasteiger charge is 2.20. The second kappa shape index (κ2) is 6.91. The van der Waals surface area contributed by atoms with E-state index in [0.717, 1.165) is 11.6 Å². The number of rotatable bonds is 7. The van der Waals surface area contributed by atoms with Crippen LogP contribution < -0.4 is 5.32 Å². The van der Waals surface area contributed by atoms with Crippen LogP contribution in [-0.2, 0) is 16.6 Å². The van der Waals surface area contributed by atoms with E-state index in [2.05, 4.69) is 10.3 Å². The van der Waals surface area contributed by atoms with Gasteiger partial charge in [-0.25, -0.2) is 4.98 Å². The minimum Gasteiger partial charge on any atom is -0.467 e. The zero-order valence-corrected chi connectivity index (χ0v) is 11.7. The number of carbonyl (C=O) groups is 1. The Labute approximate surface area is 117 Å². The summed E-state index contributed by atoms with van der Waals surface area (Å²) in [4.78, 5) is 15.7. The second-order valence-electron chi connectivity index (χ2n) is 4.35. The highest BCUT2D eigenvalue weighted by atomic mass is 16.5. The molecule has 1 atom stereocenters. The normalized spacial score (nSPS) is 12.3. The predicted octanol–water partition coefficient (Wildman–Crippen LogP) is 1.65. The molecule has 0 bridgehead atoms. The first-order valence-electron chi connectivity index (χ1n) is 6.62. The maximum Gasteiger partial charge on any atom is 0.307 e. The number of ether oxygens (including phenoxy) is 1. The average molecular weight is 277 g/mol. The average Bonchev–Trinajstić information content (AvgIpc) is 3.07. The summed E-state index contributed by atoms with van der Waals surface area (Å²) in [6.07, 6.45) is 5.55. The van der Waals surface area contributed by atoms with Crippen molar-refractivity contribution in [2.45, 2.75) is 19.4 Å². The third-order valence-corrected chi connectivity index (χ3v) is 2.93. The Hall–Kier alpha value is -2.08. The highest BCUT2D eigenvalue weighted by Crippen LogP contribution is 2.20. The van der Waals surface area contributed by atoms with Crippen LogP contribution in [0, 0.1) is 0 Å². The van der Waals surface area contributed by atoms with Gasteiger partial charge < -0.3 is 19.0 Å². The maximum absolute atomic E-state index is 11.4. The van der Waals surface area contributed by atoms with Crippen molar-refractivity contribution in [3.8, 4) is 0 Å². The SMILES string of the molecule is CCOC(=O)CCNC(c1ccco1)c1nccn1C. The summed E-state index contributed by atoms with van der Waals surface area (Å²) in [5.41, 5.74) is 0. The first kappa shape index (κ1) is 14.3. The van der Waals surface area contributed by atoms with Gasteiger partial charge >= 0.3 is 5.97 Å². The summed E-state index contributed by atoms with van der Waals surface area (Å²) in [5.74, 6) is 1.39. The number of hydrogen-bond acceptors (Lipinski definition) is 5. The lowest BCUT2D eigenvalue weighted by atomic mass is 10.2. The Morgan fingerprint density at radius 1 is 1.60 bits per heavy atom. The first-order valence-corrected chi connectivity index (χ1v) is 6.62. The van der Waals surface area contributed by atoms with E-state index in [1.807, 2.05) is 29.9 Å². The Balaban J connectivity index is 2.02. The summed E-state index contributed by atoms with van der Waals surface area (Å²) in [6.45, 7) is 2.70. The molecule has 6 heteroatoms. The van der Waals surface area contributed by atoms with E-state index in [0.29, 0.717) is 19.6 Å². The van der Waals surface area contributed by atoms with Crippen LogP contribution >= 0.6 is 0 Å². The van der Waals surface area contributed by atoms with Gasteiger partial charge in [0.15, 0.2) is 0 Å². The summed E-state index contributed by atoms with van der Waals surface area (Å²) >= 11 is 0. The fraction of sp³-hybridized carbons (Fsp3) is 0.429. The number of imidazole rings is 1. The molecule has 0 aliphatic carbocycles. The molecule has 2 heterocycles.